The van der Waals surface area contributed by atoms with E-state index in [2.05, 4.69) is 28.6 Å². The molecule has 0 spiro atoms. The van der Waals surface area contributed by atoms with Crippen LogP contribution in [-0.4, -0.2) is 29.6 Å². The number of hydrogen-bond acceptors (Lipinski definition) is 1. The summed E-state index contributed by atoms with van der Waals surface area (Å²) < 4.78 is 15.6. The zero-order valence-electron chi connectivity index (χ0n) is 13.0. The topological polar surface area (TPSA) is 8.17 Å². The van der Waals surface area contributed by atoms with Gasteiger partial charge in [0.1, 0.15) is 5.82 Å². The van der Waals surface area contributed by atoms with E-state index in [9.17, 15) is 4.39 Å². The Hall–Kier alpha value is -1.84. The molecule has 4 rings (SSSR count). The Morgan fingerprint density at radius 2 is 1.74 bits per heavy atom. The molecule has 23 heavy (non-hydrogen) atoms. The predicted octanol–water partition coefficient (Wildman–Crippen LogP) is 4.45. The van der Waals surface area contributed by atoms with Crippen LogP contribution in [0.4, 0.5) is 4.39 Å². The summed E-state index contributed by atoms with van der Waals surface area (Å²) in [5.41, 5.74) is 4.84. The van der Waals surface area contributed by atoms with Crippen LogP contribution < -0.4 is 0 Å². The van der Waals surface area contributed by atoms with Crippen LogP contribution in [0.15, 0.2) is 42.5 Å². The fourth-order valence-electron chi connectivity index (χ4n) is 3.52. The average Bonchev–Trinajstić information content (AvgIpc) is 2.71. The molecule has 0 saturated heterocycles. The first-order valence-electron chi connectivity index (χ1n) is 7.89. The summed E-state index contributed by atoms with van der Waals surface area (Å²) >= 11 is 6.24. The molecule has 0 unspecified atom stereocenters. The zero-order chi connectivity index (χ0) is 16.0. The maximum atomic E-state index is 13.3. The summed E-state index contributed by atoms with van der Waals surface area (Å²) in [5, 5.41) is 1.97. The van der Waals surface area contributed by atoms with Crippen LogP contribution in [0.2, 0.25) is 5.02 Å². The number of nitrogens with zero attached hydrogens (tertiary/aromatic N) is 2. The second kappa shape index (κ2) is 5.66. The second-order valence-electron chi connectivity index (χ2n) is 6.20. The van der Waals surface area contributed by atoms with Gasteiger partial charge >= 0.3 is 0 Å². The van der Waals surface area contributed by atoms with Crippen LogP contribution in [0.25, 0.3) is 16.6 Å². The lowest BCUT2D eigenvalue weighted by atomic mass is 10.1. The van der Waals surface area contributed by atoms with Gasteiger partial charge in [0.05, 0.1) is 5.52 Å². The van der Waals surface area contributed by atoms with Crippen LogP contribution in [0.3, 0.4) is 0 Å². The Morgan fingerprint density at radius 3 is 2.52 bits per heavy atom. The minimum absolute atomic E-state index is 0.209. The van der Waals surface area contributed by atoms with Crippen molar-refractivity contribution in [3.8, 4) is 5.69 Å². The first-order valence-corrected chi connectivity index (χ1v) is 8.27. The molecule has 0 atom stereocenters. The number of fused-ring (bicyclic) bond motifs is 3. The molecule has 0 N–H and O–H groups in total. The summed E-state index contributed by atoms with van der Waals surface area (Å²) in [5.74, 6) is -0.209. The first-order chi connectivity index (χ1) is 11.1. The van der Waals surface area contributed by atoms with Crippen molar-refractivity contribution in [3.63, 3.8) is 0 Å². The number of halogens is 2. The molecule has 0 amide bonds. The zero-order valence-corrected chi connectivity index (χ0v) is 13.8. The van der Waals surface area contributed by atoms with Gasteiger partial charge in [0.15, 0.2) is 0 Å². The van der Waals surface area contributed by atoms with Crippen molar-refractivity contribution in [2.45, 2.75) is 12.8 Å². The molecule has 0 radical (unpaired) electrons. The molecular weight excluding hydrogens is 311 g/mol. The van der Waals surface area contributed by atoms with E-state index in [-0.39, 0.29) is 5.82 Å². The van der Waals surface area contributed by atoms with Crippen LogP contribution in [0.1, 0.15) is 11.3 Å². The molecule has 2 nitrogen and oxygen atoms in total. The number of rotatable bonds is 1. The highest BCUT2D eigenvalue weighted by Crippen LogP contribution is 2.33. The SMILES string of the molecule is CN1CCc2c(n(-c3ccc(F)cc3)c3ccc(Cl)cc23)CC1. The summed E-state index contributed by atoms with van der Waals surface area (Å²) in [7, 11) is 2.16. The number of likely N-dealkylation sites (N-methyl/N-ethyl adjacent to an activating group) is 1. The molecule has 118 valence electrons. The standard InChI is InChI=1S/C19H18ClFN2/c1-22-10-8-16-17-12-13(20)2-7-18(17)23(19(16)9-11-22)15-5-3-14(21)4-6-15/h2-7,12H,8-11H2,1H3. The fourth-order valence-corrected chi connectivity index (χ4v) is 3.69. The van der Waals surface area contributed by atoms with E-state index in [1.165, 1.54) is 28.8 Å². The van der Waals surface area contributed by atoms with Gasteiger partial charge in [-0.3, -0.25) is 0 Å². The summed E-state index contributed by atoms with van der Waals surface area (Å²) in [6.07, 6.45) is 1.99. The Bertz CT molecular complexity index is 867. The van der Waals surface area contributed by atoms with Crippen molar-refractivity contribution in [1.82, 2.24) is 9.47 Å². The molecule has 4 heteroatoms. The molecule has 0 saturated carbocycles. The molecule has 2 heterocycles. The van der Waals surface area contributed by atoms with Crippen molar-refractivity contribution in [3.05, 3.63) is 64.6 Å². The van der Waals surface area contributed by atoms with E-state index < -0.39 is 0 Å². The highest BCUT2D eigenvalue weighted by atomic mass is 35.5. The summed E-state index contributed by atoms with van der Waals surface area (Å²) in [6, 6.07) is 12.8. The van der Waals surface area contributed by atoms with E-state index in [1.807, 2.05) is 18.2 Å². The van der Waals surface area contributed by atoms with Gasteiger partial charge in [0.2, 0.25) is 0 Å². The van der Waals surface area contributed by atoms with Crippen molar-refractivity contribution in [2.24, 2.45) is 0 Å². The van der Waals surface area contributed by atoms with Crippen LogP contribution in [0, 0.1) is 5.82 Å². The fraction of sp³-hybridized carbons (Fsp3) is 0.263. The molecule has 0 bridgehead atoms. The number of benzene rings is 2. The Balaban J connectivity index is 2.00. The van der Waals surface area contributed by atoms with Crippen LogP contribution in [-0.2, 0) is 12.8 Å². The van der Waals surface area contributed by atoms with E-state index in [0.717, 1.165) is 42.2 Å². The predicted molar refractivity (Wildman–Crippen MR) is 93.1 cm³/mol. The third-order valence-corrected chi connectivity index (χ3v) is 4.94. The Labute approximate surface area is 140 Å². The number of hydrogen-bond donors (Lipinski definition) is 0. The van der Waals surface area contributed by atoms with E-state index in [1.54, 1.807) is 0 Å². The van der Waals surface area contributed by atoms with Gasteiger partial charge in [-0.2, -0.15) is 0 Å². The van der Waals surface area contributed by atoms with Gasteiger partial charge in [0, 0.05) is 41.3 Å². The van der Waals surface area contributed by atoms with E-state index >= 15 is 0 Å². The Morgan fingerprint density at radius 1 is 1.00 bits per heavy atom. The van der Waals surface area contributed by atoms with Crippen molar-refractivity contribution in [1.29, 1.82) is 0 Å². The van der Waals surface area contributed by atoms with Crippen LogP contribution in [0.5, 0.6) is 0 Å². The normalized spacial score (nSPS) is 15.6. The first kappa shape index (κ1) is 14.7. The van der Waals surface area contributed by atoms with Gasteiger partial charge in [-0.25, -0.2) is 4.39 Å². The molecule has 2 aromatic carbocycles. The molecule has 3 aromatic rings. The molecule has 0 fully saturated rings. The Kier molecular flexibility index (Phi) is 3.63. The molecule has 1 aliphatic rings. The van der Waals surface area contributed by atoms with Gasteiger partial charge in [-0.15, -0.1) is 0 Å². The quantitative estimate of drug-likeness (QED) is 0.640. The van der Waals surface area contributed by atoms with Gasteiger partial charge in [-0.1, -0.05) is 11.6 Å². The van der Waals surface area contributed by atoms with E-state index in [4.69, 9.17) is 11.6 Å². The third kappa shape index (κ3) is 2.54. The molecular formula is C19H18ClFN2. The largest absolute Gasteiger partial charge is 0.313 e. The third-order valence-electron chi connectivity index (χ3n) is 4.70. The average molecular weight is 329 g/mol. The van der Waals surface area contributed by atoms with E-state index in [0.29, 0.717) is 0 Å². The maximum Gasteiger partial charge on any atom is 0.123 e. The van der Waals surface area contributed by atoms with Crippen LogP contribution >= 0.6 is 11.6 Å². The van der Waals surface area contributed by atoms with Gasteiger partial charge in [-0.05, 0) is 61.5 Å². The lowest BCUT2D eigenvalue weighted by Crippen LogP contribution is -2.21. The molecule has 1 aliphatic heterocycles. The lowest BCUT2D eigenvalue weighted by Gasteiger charge is -2.14. The smallest absolute Gasteiger partial charge is 0.123 e. The van der Waals surface area contributed by atoms with Crippen molar-refractivity contribution < 1.29 is 4.39 Å². The van der Waals surface area contributed by atoms with Gasteiger partial charge in [0.25, 0.3) is 0 Å². The molecule has 1 aromatic heterocycles. The second-order valence-corrected chi connectivity index (χ2v) is 6.64. The lowest BCUT2D eigenvalue weighted by molar-refractivity contribution is 0.351. The van der Waals surface area contributed by atoms with Gasteiger partial charge < -0.3 is 9.47 Å². The molecule has 0 aliphatic carbocycles. The highest BCUT2D eigenvalue weighted by molar-refractivity contribution is 6.31. The summed E-state index contributed by atoms with van der Waals surface area (Å²) in [6.45, 7) is 2.07. The monoisotopic (exact) mass is 328 g/mol. The summed E-state index contributed by atoms with van der Waals surface area (Å²) in [4.78, 5) is 2.35. The maximum absolute atomic E-state index is 13.3. The minimum Gasteiger partial charge on any atom is -0.313 e. The highest BCUT2D eigenvalue weighted by Gasteiger charge is 2.21. The number of aromatic nitrogens is 1. The van der Waals surface area contributed by atoms with Crippen molar-refractivity contribution in [2.75, 3.05) is 20.1 Å². The minimum atomic E-state index is -0.209. The van der Waals surface area contributed by atoms with Crippen molar-refractivity contribution >= 4 is 22.5 Å².